The fourth-order valence-electron chi connectivity index (χ4n) is 2.09. The number of rotatable bonds is 3. The van der Waals surface area contributed by atoms with Crippen LogP contribution >= 0.6 is 22.9 Å². The van der Waals surface area contributed by atoms with E-state index in [9.17, 15) is 0 Å². The lowest BCUT2D eigenvalue weighted by Gasteiger charge is -2.12. The lowest BCUT2D eigenvalue weighted by atomic mass is 10.2. The van der Waals surface area contributed by atoms with E-state index in [-0.39, 0.29) is 0 Å². The molecule has 1 heterocycles. The Bertz CT molecular complexity index is 816. The van der Waals surface area contributed by atoms with Crippen molar-refractivity contribution in [3.8, 4) is 5.75 Å². The van der Waals surface area contributed by atoms with Gasteiger partial charge in [-0.05, 0) is 31.2 Å². The highest BCUT2D eigenvalue weighted by atomic mass is 35.5. The molecule has 0 aliphatic carbocycles. The van der Waals surface area contributed by atoms with E-state index >= 15 is 0 Å². The summed E-state index contributed by atoms with van der Waals surface area (Å²) >= 11 is 7.83. The number of halogens is 1. The summed E-state index contributed by atoms with van der Waals surface area (Å²) in [6.07, 6.45) is 0. The fraction of sp³-hybridized carbons (Fsp3) is 0.133. The van der Waals surface area contributed by atoms with Crippen molar-refractivity contribution in [2.45, 2.75) is 6.92 Å². The number of fused-ring (bicyclic) bond motifs is 1. The van der Waals surface area contributed by atoms with Gasteiger partial charge in [-0.25, -0.2) is 4.98 Å². The van der Waals surface area contributed by atoms with Crippen LogP contribution in [0.5, 0.6) is 5.75 Å². The van der Waals surface area contributed by atoms with Crippen LogP contribution in [-0.4, -0.2) is 12.1 Å². The Morgan fingerprint density at radius 1 is 1.24 bits per heavy atom. The van der Waals surface area contributed by atoms with Gasteiger partial charge >= 0.3 is 0 Å². The maximum absolute atomic E-state index is 6.21. The summed E-state index contributed by atoms with van der Waals surface area (Å²) in [5.74, 6) is 0.728. The van der Waals surface area contributed by atoms with Gasteiger partial charge in [-0.3, -0.25) is 0 Å². The zero-order chi connectivity index (χ0) is 15.0. The lowest BCUT2D eigenvalue weighted by Crippen LogP contribution is -1.97. The second-order valence-corrected chi connectivity index (χ2v) is 6.25. The van der Waals surface area contributed by atoms with E-state index in [0.717, 1.165) is 32.3 Å². The monoisotopic (exact) mass is 319 g/mol. The molecule has 0 spiro atoms. The molecule has 0 saturated carbocycles. The number of nitrogen functional groups attached to an aromatic ring is 1. The third kappa shape index (κ3) is 2.75. The van der Waals surface area contributed by atoms with Crippen LogP contribution in [0, 0.1) is 6.92 Å². The fourth-order valence-corrected chi connectivity index (χ4v) is 3.11. The van der Waals surface area contributed by atoms with Gasteiger partial charge in [0.2, 0.25) is 0 Å². The summed E-state index contributed by atoms with van der Waals surface area (Å²) in [4.78, 5) is 4.48. The highest BCUT2D eigenvalue weighted by molar-refractivity contribution is 7.18. The molecule has 2 aromatic carbocycles. The van der Waals surface area contributed by atoms with Gasteiger partial charge in [0.25, 0.3) is 0 Å². The van der Waals surface area contributed by atoms with Crippen LogP contribution in [0.15, 0.2) is 30.3 Å². The molecule has 0 saturated heterocycles. The van der Waals surface area contributed by atoms with E-state index < -0.39 is 0 Å². The van der Waals surface area contributed by atoms with E-state index in [4.69, 9.17) is 22.1 Å². The summed E-state index contributed by atoms with van der Waals surface area (Å²) < 4.78 is 6.29. The van der Waals surface area contributed by atoms with Crippen LogP contribution in [0.2, 0.25) is 5.02 Å². The SMILES string of the molecule is COc1ccc(Cl)c(Nc2cc3nc(C)sc3cc2N)c1. The summed E-state index contributed by atoms with van der Waals surface area (Å²) in [6, 6.07) is 9.28. The number of nitrogens with zero attached hydrogens (tertiary/aromatic N) is 1. The summed E-state index contributed by atoms with van der Waals surface area (Å²) in [7, 11) is 1.62. The number of anilines is 3. The average Bonchev–Trinajstić information content (AvgIpc) is 2.80. The average molecular weight is 320 g/mol. The molecule has 1 aromatic heterocycles. The van der Waals surface area contributed by atoms with E-state index in [1.54, 1.807) is 24.5 Å². The maximum atomic E-state index is 6.21. The highest BCUT2D eigenvalue weighted by Crippen LogP contribution is 2.34. The molecule has 0 unspecified atom stereocenters. The van der Waals surface area contributed by atoms with Gasteiger partial charge in [-0.2, -0.15) is 0 Å². The van der Waals surface area contributed by atoms with Crippen LogP contribution < -0.4 is 15.8 Å². The van der Waals surface area contributed by atoms with Crippen LogP contribution in [-0.2, 0) is 0 Å². The van der Waals surface area contributed by atoms with Crippen molar-refractivity contribution in [1.82, 2.24) is 4.98 Å². The molecule has 0 atom stereocenters. The quantitative estimate of drug-likeness (QED) is 0.693. The molecule has 0 fully saturated rings. The van der Waals surface area contributed by atoms with Crippen molar-refractivity contribution in [3.63, 3.8) is 0 Å². The first kappa shape index (κ1) is 14.0. The number of hydrogen-bond acceptors (Lipinski definition) is 5. The molecule has 0 aliphatic heterocycles. The smallest absolute Gasteiger partial charge is 0.121 e. The standard InChI is InChI=1S/C15H14ClN3OS/c1-8-18-14-7-13(11(17)6-15(14)21-8)19-12-5-9(20-2)3-4-10(12)16/h3-7,19H,17H2,1-2H3. The molecule has 3 aromatic rings. The molecule has 108 valence electrons. The number of thiazole rings is 1. The Balaban J connectivity index is 2.03. The van der Waals surface area contributed by atoms with Gasteiger partial charge in [0.15, 0.2) is 0 Å². The zero-order valence-electron chi connectivity index (χ0n) is 11.6. The van der Waals surface area contributed by atoms with Crippen LogP contribution in [0.3, 0.4) is 0 Å². The van der Waals surface area contributed by atoms with E-state index in [0.29, 0.717) is 10.7 Å². The molecule has 6 heteroatoms. The van der Waals surface area contributed by atoms with Gasteiger partial charge in [-0.15, -0.1) is 11.3 Å². The minimum atomic E-state index is 0.602. The normalized spacial score (nSPS) is 10.8. The van der Waals surface area contributed by atoms with Crippen LogP contribution in [0.25, 0.3) is 10.2 Å². The van der Waals surface area contributed by atoms with Crippen molar-refractivity contribution in [2.24, 2.45) is 0 Å². The predicted molar refractivity (Wildman–Crippen MR) is 90.1 cm³/mol. The molecule has 3 N–H and O–H groups in total. The Morgan fingerprint density at radius 2 is 2.05 bits per heavy atom. The molecule has 0 bridgehead atoms. The number of nitrogens with two attached hydrogens (primary N) is 1. The number of hydrogen-bond donors (Lipinski definition) is 2. The number of benzene rings is 2. The van der Waals surface area contributed by atoms with Crippen LogP contribution in [0.4, 0.5) is 17.1 Å². The van der Waals surface area contributed by atoms with Crippen molar-refractivity contribution < 1.29 is 4.74 Å². The second-order valence-electron chi connectivity index (χ2n) is 4.61. The van der Waals surface area contributed by atoms with E-state index in [2.05, 4.69) is 10.3 Å². The summed E-state index contributed by atoms with van der Waals surface area (Å²) in [5, 5.41) is 4.86. The second kappa shape index (κ2) is 5.42. The van der Waals surface area contributed by atoms with E-state index in [1.807, 2.05) is 31.2 Å². The Labute approximate surface area is 131 Å². The number of aryl methyl sites for hydroxylation is 1. The predicted octanol–water partition coefficient (Wildman–Crippen LogP) is 4.59. The minimum Gasteiger partial charge on any atom is -0.497 e. The van der Waals surface area contributed by atoms with Crippen molar-refractivity contribution in [2.75, 3.05) is 18.2 Å². The summed E-state index contributed by atoms with van der Waals surface area (Å²) in [5.41, 5.74) is 9.21. The molecule has 0 aliphatic rings. The first-order chi connectivity index (χ1) is 10.1. The molecule has 3 rings (SSSR count). The Kier molecular flexibility index (Phi) is 3.61. The Morgan fingerprint density at radius 3 is 2.81 bits per heavy atom. The molecule has 21 heavy (non-hydrogen) atoms. The number of methoxy groups -OCH3 is 1. The zero-order valence-corrected chi connectivity index (χ0v) is 13.2. The van der Waals surface area contributed by atoms with Gasteiger partial charge in [-0.1, -0.05) is 11.6 Å². The topological polar surface area (TPSA) is 60.2 Å². The maximum Gasteiger partial charge on any atom is 0.121 e. The third-order valence-corrected chi connectivity index (χ3v) is 4.37. The van der Waals surface area contributed by atoms with Crippen molar-refractivity contribution >= 4 is 50.2 Å². The van der Waals surface area contributed by atoms with E-state index in [1.165, 1.54) is 0 Å². The number of aromatic nitrogens is 1. The Hall–Kier alpha value is -1.98. The molecule has 0 radical (unpaired) electrons. The first-order valence-electron chi connectivity index (χ1n) is 6.34. The largest absolute Gasteiger partial charge is 0.497 e. The van der Waals surface area contributed by atoms with Gasteiger partial charge < -0.3 is 15.8 Å². The first-order valence-corrected chi connectivity index (χ1v) is 7.53. The number of ether oxygens (including phenoxy) is 1. The lowest BCUT2D eigenvalue weighted by molar-refractivity contribution is 0.415. The van der Waals surface area contributed by atoms with Crippen LogP contribution in [0.1, 0.15) is 5.01 Å². The molecular weight excluding hydrogens is 306 g/mol. The van der Waals surface area contributed by atoms with Gasteiger partial charge in [0, 0.05) is 6.07 Å². The van der Waals surface area contributed by atoms with Gasteiger partial charge in [0.1, 0.15) is 5.75 Å². The van der Waals surface area contributed by atoms with Crippen molar-refractivity contribution in [1.29, 1.82) is 0 Å². The van der Waals surface area contributed by atoms with Crippen molar-refractivity contribution in [3.05, 3.63) is 40.4 Å². The molecular formula is C15H14ClN3OS. The summed E-state index contributed by atoms with van der Waals surface area (Å²) in [6.45, 7) is 1.98. The molecule has 0 amide bonds. The number of nitrogens with one attached hydrogen (secondary N) is 1. The highest BCUT2D eigenvalue weighted by Gasteiger charge is 2.09. The minimum absolute atomic E-state index is 0.602. The third-order valence-electron chi connectivity index (χ3n) is 3.11. The molecule has 4 nitrogen and oxygen atoms in total. The van der Waals surface area contributed by atoms with Gasteiger partial charge in [0.05, 0.1) is 44.4 Å².